The molecule has 0 aromatic carbocycles. The quantitative estimate of drug-likeness (QED) is 0.382. The fourth-order valence-corrected chi connectivity index (χ4v) is 4.61. The van der Waals surface area contributed by atoms with Gasteiger partial charge in [0.2, 0.25) is 5.91 Å². The van der Waals surface area contributed by atoms with Crippen LogP contribution in [0.15, 0.2) is 58.5 Å². The van der Waals surface area contributed by atoms with Crippen LogP contribution in [0, 0.1) is 11.3 Å². The molecule has 10 heteroatoms. The molecule has 0 radical (unpaired) electrons. The van der Waals surface area contributed by atoms with Gasteiger partial charge >= 0.3 is 0 Å². The molecule has 0 atom stereocenters. The van der Waals surface area contributed by atoms with Crippen LogP contribution in [0.5, 0.6) is 5.75 Å². The molecule has 1 aliphatic heterocycles. The van der Waals surface area contributed by atoms with Crippen molar-refractivity contribution in [2.45, 2.75) is 26.2 Å². The number of ether oxygens (including phenoxy) is 1. The van der Waals surface area contributed by atoms with E-state index in [-0.39, 0.29) is 5.91 Å². The SMILES string of the molecule is C=N/C=C(\C=NC)CCCC(=O)N1CCN(c2ccc(-c3cc(OCC)cn4ncc(C#N)c34)cn2)CC1. The zero-order chi connectivity index (χ0) is 26.9. The van der Waals surface area contributed by atoms with E-state index >= 15 is 0 Å². The van der Waals surface area contributed by atoms with E-state index in [1.54, 1.807) is 36.4 Å². The molecule has 38 heavy (non-hydrogen) atoms. The van der Waals surface area contributed by atoms with Gasteiger partial charge in [-0.3, -0.25) is 14.8 Å². The third-order valence-corrected chi connectivity index (χ3v) is 6.44. The maximum absolute atomic E-state index is 12.7. The molecule has 0 bridgehead atoms. The maximum Gasteiger partial charge on any atom is 0.222 e. The summed E-state index contributed by atoms with van der Waals surface area (Å²) in [5.41, 5.74) is 3.90. The van der Waals surface area contributed by atoms with E-state index < -0.39 is 0 Å². The number of pyridine rings is 2. The summed E-state index contributed by atoms with van der Waals surface area (Å²) in [6.45, 7) is 8.70. The van der Waals surface area contributed by atoms with E-state index in [4.69, 9.17) is 9.72 Å². The molecule has 3 aromatic heterocycles. The number of hydrogen-bond acceptors (Lipinski definition) is 8. The first-order valence-electron chi connectivity index (χ1n) is 12.7. The van der Waals surface area contributed by atoms with Crippen molar-refractivity contribution in [1.29, 1.82) is 5.26 Å². The van der Waals surface area contributed by atoms with Crippen LogP contribution in [0.2, 0.25) is 0 Å². The molecule has 4 rings (SSSR count). The number of piperazine rings is 1. The smallest absolute Gasteiger partial charge is 0.222 e. The first-order chi connectivity index (χ1) is 18.6. The van der Waals surface area contributed by atoms with Gasteiger partial charge < -0.3 is 14.5 Å². The standard InChI is InChI=1S/C28H32N8O2/c1-4-38-24-14-25(28-23(15-29)19-33-36(28)20-24)22-8-9-26(32-18-22)34-10-12-35(13-11-34)27(37)7-5-6-21(16-30-2)17-31-3/h8-9,14,16-20H,2,4-7,10-13H2,1,3H3/b21-16-,31-17?. The van der Waals surface area contributed by atoms with Gasteiger partial charge in [0.1, 0.15) is 17.6 Å². The van der Waals surface area contributed by atoms with E-state index in [0.717, 1.165) is 54.0 Å². The number of fused-ring (bicyclic) bond motifs is 1. The number of anilines is 1. The monoisotopic (exact) mass is 512 g/mol. The molecule has 196 valence electrons. The molecular formula is C28H32N8O2. The Labute approximate surface area is 222 Å². The summed E-state index contributed by atoms with van der Waals surface area (Å²) in [6, 6.07) is 8.12. The second-order valence-electron chi connectivity index (χ2n) is 8.89. The first kappa shape index (κ1) is 26.5. The van der Waals surface area contributed by atoms with E-state index in [1.165, 1.54) is 0 Å². The molecule has 3 aromatic rings. The van der Waals surface area contributed by atoms with Gasteiger partial charge in [0.25, 0.3) is 0 Å². The Kier molecular flexibility index (Phi) is 8.82. The third kappa shape index (κ3) is 6.06. The number of aliphatic imine (C=N–C) groups is 2. The number of amides is 1. The Bertz CT molecular complexity index is 1380. The summed E-state index contributed by atoms with van der Waals surface area (Å²) in [4.78, 5) is 29.4. The van der Waals surface area contributed by atoms with Crippen molar-refractivity contribution >= 4 is 30.2 Å². The van der Waals surface area contributed by atoms with Gasteiger partial charge in [0.15, 0.2) is 0 Å². The number of nitriles is 1. The Hall–Kier alpha value is -4.52. The molecule has 1 aliphatic rings. The summed E-state index contributed by atoms with van der Waals surface area (Å²) in [5.74, 6) is 1.70. The third-order valence-electron chi connectivity index (χ3n) is 6.44. The lowest BCUT2D eigenvalue weighted by atomic mass is 10.1. The average molecular weight is 513 g/mol. The first-order valence-corrected chi connectivity index (χ1v) is 12.7. The molecular weight excluding hydrogens is 480 g/mol. The van der Waals surface area contributed by atoms with Crippen LogP contribution < -0.4 is 9.64 Å². The highest BCUT2D eigenvalue weighted by Crippen LogP contribution is 2.31. The van der Waals surface area contributed by atoms with Crippen molar-refractivity contribution in [2.24, 2.45) is 9.98 Å². The van der Waals surface area contributed by atoms with Crippen molar-refractivity contribution in [1.82, 2.24) is 19.5 Å². The normalized spacial score (nSPS) is 14.2. The second-order valence-corrected chi connectivity index (χ2v) is 8.89. The molecule has 4 heterocycles. The summed E-state index contributed by atoms with van der Waals surface area (Å²) < 4.78 is 7.38. The number of carbonyl (C=O) groups is 1. The Morgan fingerprint density at radius 1 is 1.24 bits per heavy atom. The van der Waals surface area contributed by atoms with Gasteiger partial charge in [-0.2, -0.15) is 10.4 Å². The largest absolute Gasteiger partial charge is 0.492 e. The topological polar surface area (TPSA) is 111 Å². The molecule has 0 saturated carbocycles. The average Bonchev–Trinajstić information content (AvgIpc) is 3.36. The van der Waals surface area contributed by atoms with E-state index in [1.807, 2.05) is 36.2 Å². The zero-order valence-electron chi connectivity index (χ0n) is 21.9. The van der Waals surface area contributed by atoms with Crippen LogP contribution in [-0.2, 0) is 4.79 Å². The highest BCUT2D eigenvalue weighted by atomic mass is 16.5. The molecule has 10 nitrogen and oxygen atoms in total. The Balaban J connectivity index is 1.39. The zero-order valence-corrected chi connectivity index (χ0v) is 21.9. The number of aromatic nitrogens is 3. The lowest BCUT2D eigenvalue weighted by Crippen LogP contribution is -2.49. The minimum atomic E-state index is 0.166. The molecule has 1 amide bonds. The number of hydrogen-bond donors (Lipinski definition) is 0. The van der Waals surface area contributed by atoms with Crippen LogP contribution >= 0.6 is 0 Å². The minimum absolute atomic E-state index is 0.166. The molecule has 0 spiro atoms. The highest BCUT2D eigenvalue weighted by Gasteiger charge is 2.22. The van der Waals surface area contributed by atoms with Crippen LogP contribution in [0.25, 0.3) is 16.6 Å². The summed E-state index contributed by atoms with van der Waals surface area (Å²) in [5, 5.41) is 13.9. The highest BCUT2D eigenvalue weighted by molar-refractivity contribution is 5.85. The minimum Gasteiger partial charge on any atom is -0.492 e. The maximum atomic E-state index is 12.7. The molecule has 0 unspecified atom stereocenters. The van der Waals surface area contributed by atoms with E-state index in [9.17, 15) is 10.1 Å². The van der Waals surface area contributed by atoms with Crippen molar-refractivity contribution in [3.63, 3.8) is 0 Å². The number of carbonyl (C=O) groups excluding carboxylic acids is 1. The fourth-order valence-electron chi connectivity index (χ4n) is 4.61. The van der Waals surface area contributed by atoms with Crippen LogP contribution in [0.4, 0.5) is 5.82 Å². The van der Waals surface area contributed by atoms with Gasteiger partial charge in [-0.1, -0.05) is 0 Å². The van der Waals surface area contributed by atoms with Crippen molar-refractivity contribution in [3.05, 3.63) is 54.1 Å². The summed E-state index contributed by atoms with van der Waals surface area (Å²) >= 11 is 0. The van der Waals surface area contributed by atoms with Crippen LogP contribution in [0.3, 0.4) is 0 Å². The van der Waals surface area contributed by atoms with Gasteiger partial charge in [0.05, 0.1) is 30.1 Å². The molecule has 1 fully saturated rings. The predicted octanol–water partition coefficient (Wildman–Crippen LogP) is 3.77. The molecule has 0 N–H and O–H groups in total. The second kappa shape index (κ2) is 12.6. The lowest BCUT2D eigenvalue weighted by molar-refractivity contribution is -0.131. The molecule has 0 aliphatic carbocycles. The summed E-state index contributed by atoms with van der Waals surface area (Å²) in [7, 11) is 1.72. The Morgan fingerprint density at radius 2 is 2.05 bits per heavy atom. The van der Waals surface area contributed by atoms with E-state index in [2.05, 4.69) is 32.8 Å². The number of rotatable bonds is 10. The van der Waals surface area contributed by atoms with Gasteiger partial charge in [-0.25, -0.2) is 9.50 Å². The van der Waals surface area contributed by atoms with Crippen LogP contribution in [-0.4, -0.2) is 78.2 Å². The summed E-state index contributed by atoms with van der Waals surface area (Å²) in [6.07, 6.45) is 10.6. The van der Waals surface area contributed by atoms with Gasteiger partial charge in [0, 0.05) is 69.4 Å². The fraction of sp³-hybridized carbons (Fsp3) is 0.357. The van der Waals surface area contributed by atoms with Crippen LogP contribution in [0.1, 0.15) is 31.7 Å². The number of nitrogens with zero attached hydrogens (tertiary/aromatic N) is 8. The molecule has 1 saturated heterocycles. The lowest BCUT2D eigenvalue weighted by Gasteiger charge is -2.35. The van der Waals surface area contributed by atoms with Gasteiger partial charge in [-0.05, 0) is 50.3 Å². The van der Waals surface area contributed by atoms with E-state index in [0.29, 0.717) is 37.4 Å². The van der Waals surface area contributed by atoms with Crippen molar-refractivity contribution in [2.75, 3.05) is 44.7 Å². The van der Waals surface area contributed by atoms with Crippen molar-refractivity contribution < 1.29 is 9.53 Å². The van der Waals surface area contributed by atoms with Gasteiger partial charge in [-0.15, -0.1) is 0 Å². The van der Waals surface area contributed by atoms with Crippen molar-refractivity contribution in [3.8, 4) is 22.9 Å². The predicted molar refractivity (Wildman–Crippen MR) is 149 cm³/mol. The Morgan fingerprint density at radius 3 is 2.71 bits per heavy atom. The number of allylic oxidation sites excluding steroid dienone is 1.